The van der Waals surface area contributed by atoms with Gasteiger partial charge in [0, 0.05) is 50.4 Å². The second-order valence-electron chi connectivity index (χ2n) is 10.2. The molecule has 0 spiro atoms. The normalized spacial score (nSPS) is 14.5. The highest BCUT2D eigenvalue weighted by Crippen LogP contribution is 2.25. The van der Waals surface area contributed by atoms with Gasteiger partial charge in [-0.05, 0) is 42.9 Å². The molecule has 11 nitrogen and oxygen atoms in total. The van der Waals surface area contributed by atoms with Crippen molar-refractivity contribution in [2.75, 3.05) is 51.7 Å². The van der Waals surface area contributed by atoms with Gasteiger partial charge in [0.1, 0.15) is 23.7 Å². The minimum absolute atomic E-state index is 0.226. The monoisotopic (exact) mass is 553 g/mol. The van der Waals surface area contributed by atoms with E-state index in [2.05, 4.69) is 32.2 Å². The third-order valence-electron chi connectivity index (χ3n) is 7.43. The van der Waals surface area contributed by atoms with E-state index in [1.165, 1.54) is 0 Å². The van der Waals surface area contributed by atoms with Crippen LogP contribution in [0.2, 0.25) is 0 Å². The Hall–Kier alpha value is -4.74. The van der Waals surface area contributed by atoms with Gasteiger partial charge in [0.15, 0.2) is 0 Å². The number of nitrogens with zero attached hydrogens (tertiary/aromatic N) is 6. The number of carboxylic acids is 1. The van der Waals surface area contributed by atoms with Crippen LogP contribution in [-0.4, -0.2) is 92.3 Å². The molecule has 1 saturated heterocycles. The number of likely N-dealkylation sites (N-methyl/N-ethyl adjacent to an activating group) is 1. The number of hydrogen-bond donors (Lipinski definition) is 2. The van der Waals surface area contributed by atoms with E-state index in [-0.39, 0.29) is 11.5 Å². The lowest BCUT2D eigenvalue weighted by Gasteiger charge is -2.32. The number of nitrogens with one attached hydrogen (secondary N) is 1. The first-order chi connectivity index (χ1) is 19.9. The zero-order valence-electron chi connectivity index (χ0n) is 22.7. The number of rotatable bonds is 9. The fourth-order valence-electron chi connectivity index (χ4n) is 5.08. The quantitative estimate of drug-likeness (QED) is 0.286. The Balaban J connectivity index is 1.13. The first-order valence-electron chi connectivity index (χ1n) is 13.5. The van der Waals surface area contributed by atoms with Crippen LogP contribution >= 0.6 is 0 Å². The maximum Gasteiger partial charge on any atom is 0.335 e. The number of amides is 1. The standard InChI is InChI=1S/C30H31N7O4/c1-34-10-12-35(13-11-34)14-15-41-23-8-9-36-27(19-31-28(36)17-23)29(38)33-25-6-3-7-26-24(25)18-32-37(26)20-21-4-2-5-22(16-21)30(39)40/h2-9,16-19H,10-15,20H2,1H3,(H,33,38)(H,39,40). The Labute approximate surface area is 236 Å². The number of aromatic carboxylic acids is 1. The minimum Gasteiger partial charge on any atom is -0.492 e. The summed E-state index contributed by atoms with van der Waals surface area (Å²) in [5, 5.41) is 17.6. The number of hydrogen-bond acceptors (Lipinski definition) is 7. The van der Waals surface area contributed by atoms with Crippen molar-refractivity contribution in [3.63, 3.8) is 0 Å². The van der Waals surface area contributed by atoms with Gasteiger partial charge in [0.25, 0.3) is 5.91 Å². The molecule has 1 aliphatic heterocycles. The summed E-state index contributed by atoms with van der Waals surface area (Å²) in [6.45, 7) is 6.11. The molecule has 3 aromatic heterocycles. The predicted octanol–water partition coefficient (Wildman–Crippen LogP) is 3.31. The molecular formula is C30H31N7O4. The number of anilines is 1. The topological polar surface area (TPSA) is 117 Å². The lowest BCUT2D eigenvalue weighted by atomic mass is 10.1. The van der Waals surface area contributed by atoms with Crippen molar-refractivity contribution in [3.05, 3.63) is 90.0 Å². The van der Waals surface area contributed by atoms with Crippen molar-refractivity contribution < 1.29 is 19.4 Å². The van der Waals surface area contributed by atoms with Crippen molar-refractivity contribution in [2.24, 2.45) is 0 Å². The number of aromatic nitrogens is 4. The Morgan fingerprint density at radius 2 is 1.85 bits per heavy atom. The molecule has 5 aromatic rings. The highest BCUT2D eigenvalue weighted by Gasteiger charge is 2.17. The predicted molar refractivity (Wildman–Crippen MR) is 155 cm³/mol. The van der Waals surface area contributed by atoms with Crippen molar-refractivity contribution in [2.45, 2.75) is 6.54 Å². The summed E-state index contributed by atoms with van der Waals surface area (Å²) >= 11 is 0. The maximum absolute atomic E-state index is 13.3. The highest BCUT2D eigenvalue weighted by molar-refractivity contribution is 6.08. The number of carbonyl (C=O) groups excluding carboxylic acids is 1. The van der Waals surface area contributed by atoms with Crippen LogP contribution in [0.4, 0.5) is 5.69 Å². The molecule has 0 aliphatic carbocycles. The van der Waals surface area contributed by atoms with E-state index in [1.54, 1.807) is 45.9 Å². The fourth-order valence-corrected chi connectivity index (χ4v) is 5.08. The molecule has 0 unspecified atom stereocenters. The van der Waals surface area contributed by atoms with E-state index in [9.17, 15) is 14.7 Å². The Kier molecular flexibility index (Phi) is 7.36. The smallest absolute Gasteiger partial charge is 0.335 e. The number of carbonyl (C=O) groups is 2. The Bertz CT molecular complexity index is 1720. The molecule has 0 atom stereocenters. The molecule has 2 aromatic carbocycles. The Morgan fingerprint density at radius 1 is 1.02 bits per heavy atom. The Morgan fingerprint density at radius 3 is 2.68 bits per heavy atom. The van der Waals surface area contributed by atoms with E-state index in [4.69, 9.17) is 4.74 Å². The molecule has 6 rings (SSSR count). The van der Waals surface area contributed by atoms with Crippen LogP contribution in [0.5, 0.6) is 5.75 Å². The molecule has 210 valence electrons. The molecule has 2 N–H and O–H groups in total. The van der Waals surface area contributed by atoms with Gasteiger partial charge < -0.3 is 20.1 Å². The summed E-state index contributed by atoms with van der Waals surface area (Å²) in [5.41, 5.74) is 3.51. The van der Waals surface area contributed by atoms with E-state index < -0.39 is 5.97 Å². The van der Waals surface area contributed by atoms with E-state index in [1.807, 2.05) is 36.4 Å². The average Bonchev–Trinajstić information content (AvgIpc) is 3.59. The maximum atomic E-state index is 13.3. The van der Waals surface area contributed by atoms with Gasteiger partial charge in [0.2, 0.25) is 0 Å². The van der Waals surface area contributed by atoms with Gasteiger partial charge in [-0.1, -0.05) is 18.2 Å². The summed E-state index contributed by atoms with van der Waals surface area (Å²) in [7, 11) is 2.14. The second-order valence-corrected chi connectivity index (χ2v) is 10.2. The van der Waals surface area contributed by atoms with Crippen LogP contribution in [0.3, 0.4) is 0 Å². The molecule has 0 radical (unpaired) electrons. The second kappa shape index (κ2) is 11.4. The molecule has 1 aliphatic rings. The first kappa shape index (κ1) is 26.5. The number of ether oxygens (including phenoxy) is 1. The molecule has 0 saturated carbocycles. The van der Waals surface area contributed by atoms with Crippen molar-refractivity contribution in [3.8, 4) is 5.75 Å². The van der Waals surface area contributed by atoms with E-state index in [0.29, 0.717) is 30.2 Å². The van der Waals surface area contributed by atoms with Crippen LogP contribution in [0.25, 0.3) is 16.6 Å². The van der Waals surface area contributed by atoms with Crippen LogP contribution in [0.15, 0.2) is 73.2 Å². The highest BCUT2D eigenvalue weighted by atomic mass is 16.5. The molecule has 11 heteroatoms. The summed E-state index contributed by atoms with van der Waals surface area (Å²) < 4.78 is 9.49. The van der Waals surface area contributed by atoms with Crippen molar-refractivity contribution >= 4 is 34.1 Å². The molecular weight excluding hydrogens is 522 g/mol. The first-order valence-corrected chi connectivity index (χ1v) is 13.5. The van der Waals surface area contributed by atoms with Gasteiger partial charge in [-0.2, -0.15) is 5.10 Å². The molecule has 0 bridgehead atoms. The summed E-state index contributed by atoms with van der Waals surface area (Å²) in [6, 6.07) is 16.1. The van der Waals surface area contributed by atoms with Gasteiger partial charge in [-0.3, -0.25) is 18.8 Å². The largest absolute Gasteiger partial charge is 0.492 e. The van der Waals surface area contributed by atoms with Crippen LogP contribution in [0, 0.1) is 0 Å². The summed E-state index contributed by atoms with van der Waals surface area (Å²) in [6.07, 6.45) is 5.05. The van der Waals surface area contributed by atoms with Gasteiger partial charge in [0.05, 0.1) is 35.7 Å². The SMILES string of the molecule is CN1CCN(CCOc2ccn3c(C(=O)Nc4cccc5c4cnn5Cc4cccc(C(=O)O)c4)cnc3c2)CC1. The van der Waals surface area contributed by atoms with Crippen molar-refractivity contribution in [1.29, 1.82) is 0 Å². The van der Waals surface area contributed by atoms with Crippen LogP contribution in [-0.2, 0) is 6.54 Å². The van der Waals surface area contributed by atoms with E-state index >= 15 is 0 Å². The molecule has 4 heterocycles. The number of pyridine rings is 1. The molecule has 1 amide bonds. The van der Waals surface area contributed by atoms with Gasteiger partial charge in [-0.25, -0.2) is 9.78 Å². The zero-order valence-corrected chi connectivity index (χ0v) is 22.7. The number of imidazole rings is 1. The van der Waals surface area contributed by atoms with Crippen LogP contribution in [0.1, 0.15) is 26.4 Å². The number of piperazine rings is 1. The number of carboxylic acid groups (broad SMARTS) is 1. The zero-order chi connectivity index (χ0) is 28.3. The minimum atomic E-state index is -0.973. The van der Waals surface area contributed by atoms with E-state index in [0.717, 1.165) is 54.9 Å². The third kappa shape index (κ3) is 5.76. The average molecular weight is 554 g/mol. The number of fused-ring (bicyclic) bond motifs is 2. The number of benzene rings is 2. The fraction of sp³-hybridized carbons (Fsp3) is 0.267. The summed E-state index contributed by atoms with van der Waals surface area (Å²) in [4.78, 5) is 33.8. The van der Waals surface area contributed by atoms with Crippen LogP contribution < -0.4 is 10.1 Å². The lowest BCUT2D eigenvalue weighted by Crippen LogP contribution is -2.45. The van der Waals surface area contributed by atoms with Crippen molar-refractivity contribution in [1.82, 2.24) is 29.0 Å². The molecule has 41 heavy (non-hydrogen) atoms. The summed E-state index contributed by atoms with van der Waals surface area (Å²) in [5.74, 6) is -0.551. The van der Waals surface area contributed by atoms with Gasteiger partial charge in [-0.15, -0.1) is 0 Å². The van der Waals surface area contributed by atoms with Gasteiger partial charge >= 0.3 is 5.97 Å². The molecule has 1 fully saturated rings. The lowest BCUT2D eigenvalue weighted by molar-refractivity contribution is 0.0696. The third-order valence-corrected chi connectivity index (χ3v) is 7.43.